The zero-order valence-corrected chi connectivity index (χ0v) is 11.4. The van der Waals surface area contributed by atoms with Crippen LogP contribution in [0.2, 0.25) is 0 Å². The summed E-state index contributed by atoms with van der Waals surface area (Å²) in [6.45, 7) is 4.37. The Morgan fingerprint density at radius 1 is 1.41 bits per heavy atom. The smallest absolute Gasteiger partial charge is 0.00728 e. The van der Waals surface area contributed by atoms with E-state index in [9.17, 15) is 0 Å². The fourth-order valence-corrected chi connectivity index (χ4v) is 3.49. The van der Waals surface area contributed by atoms with E-state index in [1.165, 1.54) is 50.5 Å². The summed E-state index contributed by atoms with van der Waals surface area (Å²) in [5.41, 5.74) is 9.37. The highest BCUT2D eigenvalue weighted by Gasteiger charge is 2.32. The van der Waals surface area contributed by atoms with E-state index in [0.29, 0.717) is 6.04 Å². The summed E-state index contributed by atoms with van der Waals surface area (Å²) in [5, 5.41) is 0. The highest BCUT2D eigenvalue weighted by molar-refractivity contribution is 5.12. The number of rotatable bonds is 3. The normalized spacial score (nSPS) is 32.6. The lowest BCUT2D eigenvalue weighted by atomic mass is 9.68. The molecule has 0 saturated heterocycles. The summed E-state index contributed by atoms with van der Waals surface area (Å²) >= 11 is 0. The molecule has 0 aliphatic heterocycles. The van der Waals surface area contributed by atoms with Gasteiger partial charge in [-0.25, -0.2) is 0 Å². The zero-order valence-electron chi connectivity index (χ0n) is 11.4. The Kier molecular flexibility index (Phi) is 4.44. The first-order chi connectivity index (χ1) is 8.16. The standard InChI is InChI=1S/C16H27N/c1-12(2)5-3-6-13-9-10-15-14(11-13)7-4-8-16(15)17/h5,9,14-16H,3-4,6-8,10-11,17H2,1-2H3/t14-,15+,16?/m0/s1. The van der Waals surface area contributed by atoms with Gasteiger partial charge in [0, 0.05) is 6.04 Å². The molecule has 2 rings (SSSR count). The van der Waals surface area contributed by atoms with Crippen LogP contribution in [-0.2, 0) is 0 Å². The molecule has 96 valence electrons. The average Bonchev–Trinajstić information content (AvgIpc) is 2.29. The van der Waals surface area contributed by atoms with E-state index in [0.717, 1.165) is 11.8 Å². The van der Waals surface area contributed by atoms with Crippen LogP contribution in [0.25, 0.3) is 0 Å². The monoisotopic (exact) mass is 233 g/mol. The average molecular weight is 233 g/mol. The van der Waals surface area contributed by atoms with Crippen molar-refractivity contribution in [2.75, 3.05) is 0 Å². The molecule has 1 nitrogen and oxygen atoms in total. The van der Waals surface area contributed by atoms with Crippen LogP contribution in [0.4, 0.5) is 0 Å². The van der Waals surface area contributed by atoms with Crippen LogP contribution < -0.4 is 5.73 Å². The summed E-state index contributed by atoms with van der Waals surface area (Å²) in [6, 6.07) is 0.476. The number of nitrogens with two attached hydrogens (primary N) is 1. The van der Waals surface area contributed by atoms with Gasteiger partial charge >= 0.3 is 0 Å². The molecule has 0 spiro atoms. The molecule has 0 bridgehead atoms. The summed E-state index contributed by atoms with van der Waals surface area (Å²) in [4.78, 5) is 0. The van der Waals surface area contributed by atoms with Gasteiger partial charge in [0.1, 0.15) is 0 Å². The van der Waals surface area contributed by atoms with Crippen LogP contribution in [0.15, 0.2) is 23.3 Å². The van der Waals surface area contributed by atoms with Gasteiger partial charge in [-0.05, 0) is 64.2 Å². The van der Waals surface area contributed by atoms with Crippen molar-refractivity contribution in [2.45, 2.75) is 64.8 Å². The molecular weight excluding hydrogens is 206 g/mol. The van der Waals surface area contributed by atoms with Gasteiger partial charge in [-0.2, -0.15) is 0 Å². The number of fused-ring (bicyclic) bond motifs is 1. The number of hydrogen-bond donors (Lipinski definition) is 1. The Morgan fingerprint density at radius 3 is 3.00 bits per heavy atom. The molecule has 2 N–H and O–H groups in total. The molecule has 2 aliphatic rings. The number of allylic oxidation sites excluding steroid dienone is 4. The molecule has 0 amide bonds. The first kappa shape index (κ1) is 12.9. The van der Waals surface area contributed by atoms with Gasteiger partial charge in [-0.3, -0.25) is 0 Å². The van der Waals surface area contributed by atoms with E-state index in [4.69, 9.17) is 5.73 Å². The third kappa shape index (κ3) is 3.45. The lowest BCUT2D eigenvalue weighted by molar-refractivity contribution is 0.193. The first-order valence-corrected chi connectivity index (χ1v) is 7.23. The van der Waals surface area contributed by atoms with E-state index in [1.54, 1.807) is 5.57 Å². The highest BCUT2D eigenvalue weighted by Crippen LogP contribution is 2.40. The topological polar surface area (TPSA) is 26.0 Å². The summed E-state index contributed by atoms with van der Waals surface area (Å²) < 4.78 is 0. The van der Waals surface area contributed by atoms with Crippen LogP contribution in [0.1, 0.15) is 58.8 Å². The molecule has 17 heavy (non-hydrogen) atoms. The maximum atomic E-state index is 6.24. The molecule has 1 unspecified atom stereocenters. The minimum absolute atomic E-state index is 0.476. The van der Waals surface area contributed by atoms with Gasteiger partial charge in [0.05, 0.1) is 0 Å². The van der Waals surface area contributed by atoms with Crippen molar-refractivity contribution in [3.63, 3.8) is 0 Å². The lowest BCUT2D eigenvalue weighted by Crippen LogP contribution is -2.39. The third-order valence-electron chi connectivity index (χ3n) is 4.49. The predicted molar refractivity (Wildman–Crippen MR) is 74.8 cm³/mol. The van der Waals surface area contributed by atoms with E-state index in [-0.39, 0.29) is 0 Å². The second-order valence-corrected chi connectivity index (χ2v) is 6.14. The van der Waals surface area contributed by atoms with Crippen LogP contribution in [-0.4, -0.2) is 6.04 Å². The van der Waals surface area contributed by atoms with Gasteiger partial charge in [0.25, 0.3) is 0 Å². The molecule has 0 heterocycles. The summed E-state index contributed by atoms with van der Waals surface area (Å²) in [5.74, 6) is 1.68. The van der Waals surface area contributed by atoms with Crippen molar-refractivity contribution in [3.8, 4) is 0 Å². The van der Waals surface area contributed by atoms with Crippen molar-refractivity contribution >= 4 is 0 Å². The van der Waals surface area contributed by atoms with Gasteiger partial charge in [0.2, 0.25) is 0 Å². The van der Waals surface area contributed by atoms with Crippen molar-refractivity contribution in [1.29, 1.82) is 0 Å². The van der Waals surface area contributed by atoms with Gasteiger partial charge in [0.15, 0.2) is 0 Å². The molecule has 2 aliphatic carbocycles. The number of hydrogen-bond acceptors (Lipinski definition) is 1. The van der Waals surface area contributed by atoms with Crippen LogP contribution in [0.5, 0.6) is 0 Å². The summed E-state index contributed by atoms with van der Waals surface area (Å²) in [7, 11) is 0. The predicted octanol–water partition coefficient (Wildman–Crippen LogP) is 4.20. The van der Waals surface area contributed by atoms with Crippen molar-refractivity contribution < 1.29 is 0 Å². The van der Waals surface area contributed by atoms with Crippen LogP contribution in [0.3, 0.4) is 0 Å². The van der Waals surface area contributed by atoms with E-state index in [2.05, 4.69) is 26.0 Å². The highest BCUT2D eigenvalue weighted by atomic mass is 14.7. The Hall–Kier alpha value is -0.560. The fourth-order valence-electron chi connectivity index (χ4n) is 3.49. The second-order valence-electron chi connectivity index (χ2n) is 6.14. The summed E-state index contributed by atoms with van der Waals surface area (Å²) in [6.07, 6.45) is 13.9. The van der Waals surface area contributed by atoms with E-state index >= 15 is 0 Å². The maximum absolute atomic E-state index is 6.24. The minimum Gasteiger partial charge on any atom is -0.327 e. The Balaban J connectivity index is 1.88. The molecule has 0 aromatic heterocycles. The molecule has 1 saturated carbocycles. The zero-order chi connectivity index (χ0) is 12.3. The molecule has 1 fully saturated rings. The fraction of sp³-hybridized carbons (Fsp3) is 0.750. The molecule has 3 atom stereocenters. The molecule has 0 radical (unpaired) electrons. The second kappa shape index (κ2) is 5.86. The quantitative estimate of drug-likeness (QED) is 0.726. The van der Waals surface area contributed by atoms with Crippen molar-refractivity contribution in [3.05, 3.63) is 23.3 Å². The molecule has 0 aromatic rings. The minimum atomic E-state index is 0.476. The van der Waals surface area contributed by atoms with E-state index < -0.39 is 0 Å². The van der Waals surface area contributed by atoms with Crippen molar-refractivity contribution in [1.82, 2.24) is 0 Å². The van der Waals surface area contributed by atoms with Gasteiger partial charge < -0.3 is 5.73 Å². The molecule has 0 aromatic carbocycles. The Labute approximate surface area is 106 Å². The SMILES string of the molecule is CC(C)=CCCC1=CC[C@H]2C(N)CCC[C@H]2C1. The van der Waals surface area contributed by atoms with Gasteiger partial charge in [-0.1, -0.05) is 29.7 Å². The third-order valence-corrected chi connectivity index (χ3v) is 4.49. The van der Waals surface area contributed by atoms with Gasteiger partial charge in [-0.15, -0.1) is 0 Å². The van der Waals surface area contributed by atoms with Crippen LogP contribution >= 0.6 is 0 Å². The van der Waals surface area contributed by atoms with Crippen molar-refractivity contribution in [2.24, 2.45) is 17.6 Å². The first-order valence-electron chi connectivity index (χ1n) is 7.23. The maximum Gasteiger partial charge on any atom is 0.00728 e. The van der Waals surface area contributed by atoms with Crippen LogP contribution in [0, 0.1) is 11.8 Å². The lowest BCUT2D eigenvalue weighted by Gasteiger charge is -2.39. The Morgan fingerprint density at radius 2 is 2.24 bits per heavy atom. The molecule has 1 heteroatoms. The molecular formula is C16H27N. The van der Waals surface area contributed by atoms with E-state index in [1.807, 2.05) is 0 Å². The Bertz CT molecular complexity index is 309. The largest absolute Gasteiger partial charge is 0.327 e.